The summed E-state index contributed by atoms with van der Waals surface area (Å²) in [6.45, 7) is 4.89. The van der Waals surface area contributed by atoms with Crippen LogP contribution in [0, 0.1) is 0 Å². The molecule has 0 fully saturated rings. The summed E-state index contributed by atoms with van der Waals surface area (Å²) in [6.07, 6.45) is -1.47. The maximum Gasteiger partial charge on any atom is 0.408 e. The summed E-state index contributed by atoms with van der Waals surface area (Å²) in [6, 6.07) is 6.45. The predicted octanol–water partition coefficient (Wildman–Crippen LogP) is 1.25. The molecule has 9 nitrogen and oxygen atoms in total. The number of carboxylic acid groups (broad SMARTS) is 1. The van der Waals surface area contributed by atoms with Gasteiger partial charge in [-0.25, -0.2) is 9.59 Å². The van der Waals surface area contributed by atoms with Crippen molar-refractivity contribution in [3.05, 3.63) is 35.9 Å². The Bertz CT molecular complexity index is 698. The molecule has 0 saturated heterocycles. The largest absolute Gasteiger partial charge is 0.481 e. The van der Waals surface area contributed by atoms with Crippen LogP contribution in [0.5, 0.6) is 0 Å². The van der Waals surface area contributed by atoms with Crippen molar-refractivity contribution >= 4 is 23.9 Å². The summed E-state index contributed by atoms with van der Waals surface area (Å²) in [5.41, 5.74) is -0.0518. The minimum Gasteiger partial charge on any atom is -0.481 e. The number of nitrogens with one attached hydrogen (secondary N) is 2. The van der Waals surface area contributed by atoms with Crippen LogP contribution in [-0.4, -0.2) is 53.8 Å². The van der Waals surface area contributed by atoms with Crippen LogP contribution < -0.4 is 10.6 Å². The van der Waals surface area contributed by atoms with E-state index in [0.29, 0.717) is 0 Å². The first-order valence-electron chi connectivity index (χ1n) is 8.65. The van der Waals surface area contributed by atoms with Crippen LogP contribution in [0.2, 0.25) is 0 Å². The number of amides is 2. The minimum absolute atomic E-state index is 0.144. The molecular formula is C19H26N2O7. The third-order valence-corrected chi connectivity index (χ3v) is 3.47. The molecule has 0 saturated carbocycles. The molecule has 0 aliphatic carbocycles. The number of alkyl carbamates (subject to hydrolysis) is 1. The normalized spacial score (nSPS) is 13.0. The highest BCUT2D eigenvalue weighted by atomic mass is 16.6. The first kappa shape index (κ1) is 22.9. The molecule has 0 aromatic heterocycles. The Labute approximate surface area is 163 Å². The molecule has 2 atom stereocenters. The van der Waals surface area contributed by atoms with Crippen LogP contribution in [0.1, 0.15) is 32.8 Å². The lowest BCUT2D eigenvalue weighted by Crippen LogP contribution is -2.53. The predicted molar refractivity (Wildman–Crippen MR) is 99.5 cm³/mol. The van der Waals surface area contributed by atoms with E-state index in [4.69, 9.17) is 14.6 Å². The van der Waals surface area contributed by atoms with Crippen molar-refractivity contribution in [3.8, 4) is 0 Å². The van der Waals surface area contributed by atoms with Gasteiger partial charge in [0.2, 0.25) is 5.91 Å². The lowest BCUT2D eigenvalue weighted by molar-refractivity contribution is -0.145. The van der Waals surface area contributed by atoms with E-state index < -0.39 is 48.0 Å². The van der Waals surface area contributed by atoms with Crippen LogP contribution in [0.3, 0.4) is 0 Å². The van der Waals surface area contributed by atoms with E-state index in [9.17, 15) is 19.2 Å². The number of benzene rings is 1. The van der Waals surface area contributed by atoms with Gasteiger partial charge >= 0.3 is 18.0 Å². The Morgan fingerprint density at radius 3 is 2.14 bits per heavy atom. The molecule has 1 aromatic rings. The van der Waals surface area contributed by atoms with E-state index in [1.807, 2.05) is 6.07 Å². The number of esters is 1. The molecule has 28 heavy (non-hydrogen) atoms. The molecule has 1 rings (SSSR count). The van der Waals surface area contributed by atoms with Gasteiger partial charge in [0.15, 0.2) is 0 Å². The second-order valence-corrected chi connectivity index (χ2v) is 7.07. The Balaban J connectivity index is 2.90. The van der Waals surface area contributed by atoms with E-state index in [1.54, 1.807) is 45.0 Å². The lowest BCUT2D eigenvalue weighted by Gasteiger charge is -2.24. The monoisotopic (exact) mass is 394 g/mol. The van der Waals surface area contributed by atoms with Crippen LogP contribution >= 0.6 is 0 Å². The van der Waals surface area contributed by atoms with E-state index >= 15 is 0 Å². The zero-order valence-corrected chi connectivity index (χ0v) is 16.4. The zero-order valence-electron chi connectivity index (χ0n) is 16.4. The fourth-order valence-corrected chi connectivity index (χ4v) is 2.29. The van der Waals surface area contributed by atoms with E-state index in [1.165, 1.54) is 7.11 Å². The highest BCUT2D eigenvalue weighted by Crippen LogP contribution is 2.08. The highest BCUT2D eigenvalue weighted by Gasteiger charge is 2.30. The van der Waals surface area contributed by atoms with Crippen molar-refractivity contribution in [1.29, 1.82) is 0 Å². The molecule has 9 heteroatoms. The Morgan fingerprint density at radius 1 is 1.04 bits per heavy atom. The van der Waals surface area contributed by atoms with Gasteiger partial charge in [-0.2, -0.15) is 0 Å². The van der Waals surface area contributed by atoms with Crippen LogP contribution in [-0.2, 0) is 30.3 Å². The number of aliphatic carboxylic acids is 1. The summed E-state index contributed by atoms with van der Waals surface area (Å²) in [5, 5.41) is 13.7. The summed E-state index contributed by atoms with van der Waals surface area (Å²) in [7, 11) is 1.18. The number of hydrogen-bond acceptors (Lipinski definition) is 6. The van der Waals surface area contributed by atoms with Gasteiger partial charge in [-0.15, -0.1) is 0 Å². The average Bonchev–Trinajstić information content (AvgIpc) is 2.58. The third kappa shape index (κ3) is 8.52. The summed E-state index contributed by atoms with van der Waals surface area (Å²) in [4.78, 5) is 47.6. The zero-order chi connectivity index (χ0) is 21.3. The maximum atomic E-state index is 12.5. The number of hydrogen-bond donors (Lipinski definition) is 3. The lowest BCUT2D eigenvalue weighted by atomic mass is 10.1. The Morgan fingerprint density at radius 2 is 1.64 bits per heavy atom. The van der Waals surface area contributed by atoms with Gasteiger partial charge in [0.25, 0.3) is 0 Å². The maximum absolute atomic E-state index is 12.5. The number of carbonyl (C=O) groups is 4. The fraction of sp³-hybridized carbons (Fsp3) is 0.474. The van der Waals surface area contributed by atoms with Gasteiger partial charge < -0.3 is 25.2 Å². The smallest absolute Gasteiger partial charge is 0.408 e. The standard InChI is InChI=1S/C19H26N2O7/c1-19(2,3)28-18(26)21-13(11-15(22)23)16(24)20-14(17(25)27-4)10-12-8-6-5-7-9-12/h5-9,13-14H,10-11H2,1-4H3,(H,20,24)(H,21,26)(H,22,23). The van der Waals surface area contributed by atoms with Crippen molar-refractivity contribution < 1.29 is 33.8 Å². The topological polar surface area (TPSA) is 131 Å². The van der Waals surface area contributed by atoms with E-state index in [2.05, 4.69) is 10.6 Å². The van der Waals surface area contributed by atoms with Gasteiger partial charge in [0, 0.05) is 6.42 Å². The molecule has 0 radical (unpaired) electrons. The van der Waals surface area contributed by atoms with Crippen LogP contribution in [0.25, 0.3) is 0 Å². The molecule has 0 bridgehead atoms. The van der Waals surface area contributed by atoms with Crippen LogP contribution in [0.15, 0.2) is 30.3 Å². The molecular weight excluding hydrogens is 368 g/mol. The molecule has 0 aliphatic rings. The minimum atomic E-state index is -1.42. The Kier molecular flexibility index (Phi) is 8.43. The quantitative estimate of drug-likeness (QED) is 0.566. The van der Waals surface area contributed by atoms with Gasteiger partial charge in [-0.1, -0.05) is 30.3 Å². The van der Waals surface area contributed by atoms with Gasteiger partial charge in [-0.05, 0) is 26.3 Å². The molecule has 0 heterocycles. The first-order chi connectivity index (χ1) is 13.0. The number of ether oxygens (including phenoxy) is 2. The van der Waals surface area contributed by atoms with Gasteiger partial charge in [0.1, 0.15) is 17.7 Å². The second kappa shape index (κ2) is 10.3. The van der Waals surface area contributed by atoms with Crippen molar-refractivity contribution in [2.45, 2.75) is 51.3 Å². The van der Waals surface area contributed by atoms with Gasteiger partial charge in [0.05, 0.1) is 13.5 Å². The molecule has 154 valence electrons. The molecule has 1 aromatic carbocycles. The van der Waals surface area contributed by atoms with E-state index in [-0.39, 0.29) is 6.42 Å². The number of carboxylic acids is 1. The van der Waals surface area contributed by atoms with E-state index in [0.717, 1.165) is 5.56 Å². The average molecular weight is 394 g/mol. The van der Waals surface area contributed by atoms with Crippen LogP contribution in [0.4, 0.5) is 4.79 Å². The summed E-state index contributed by atoms with van der Waals surface area (Å²) < 4.78 is 9.77. The first-order valence-corrected chi connectivity index (χ1v) is 8.65. The molecule has 0 aliphatic heterocycles. The number of carbonyl (C=O) groups excluding carboxylic acids is 3. The fourth-order valence-electron chi connectivity index (χ4n) is 2.29. The van der Waals surface area contributed by atoms with Crippen molar-refractivity contribution in [2.75, 3.05) is 7.11 Å². The number of rotatable bonds is 8. The SMILES string of the molecule is COC(=O)C(Cc1ccccc1)NC(=O)C(CC(=O)O)NC(=O)OC(C)(C)C. The Hall–Kier alpha value is -3.10. The third-order valence-electron chi connectivity index (χ3n) is 3.47. The summed E-state index contributed by atoms with van der Waals surface area (Å²) in [5.74, 6) is -2.82. The van der Waals surface area contributed by atoms with Crippen molar-refractivity contribution in [3.63, 3.8) is 0 Å². The molecule has 0 spiro atoms. The number of methoxy groups -OCH3 is 1. The van der Waals surface area contributed by atoms with Crippen molar-refractivity contribution in [2.24, 2.45) is 0 Å². The highest BCUT2D eigenvalue weighted by molar-refractivity contribution is 5.92. The summed E-state index contributed by atoms with van der Waals surface area (Å²) >= 11 is 0. The second-order valence-electron chi connectivity index (χ2n) is 7.07. The molecule has 2 amide bonds. The molecule has 2 unspecified atom stereocenters. The van der Waals surface area contributed by atoms with Gasteiger partial charge in [-0.3, -0.25) is 9.59 Å². The van der Waals surface area contributed by atoms with Crippen molar-refractivity contribution in [1.82, 2.24) is 10.6 Å². The molecule has 3 N–H and O–H groups in total.